The summed E-state index contributed by atoms with van der Waals surface area (Å²) in [5.74, 6) is -0.820. The van der Waals surface area contributed by atoms with Crippen LogP contribution in [0.2, 0.25) is 0 Å². The van der Waals surface area contributed by atoms with Gasteiger partial charge in [-0.3, -0.25) is 9.69 Å². The number of carboxylic acids is 1. The molecule has 0 rings (SSSR count). The van der Waals surface area contributed by atoms with Crippen molar-refractivity contribution in [3.63, 3.8) is 0 Å². The second kappa shape index (κ2) is 7.62. The highest BCUT2D eigenvalue weighted by atomic mass is 16.4. The first-order chi connectivity index (χ1) is 6.91. The number of aliphatic hydroxyl groups excluding tert-OH is 1. The van der Waals surface area contributed by atoms with Gasteiger partial charge in [0.15, 0.2) is 0 Å². The fourth-order valence-corrected chi connectivity index (χ4v) is 1.17. The lowest BCUT2D eigenvalue weighted by atomic mass is 10.2. The van der Waals surface area contributed by atoms with E-state index in [4.69, 9.17) is 10.2 Å². The summed E-state index contributed by atoms with van der Waals surface area (Å²) in [7, 11) is 3.90. The van der Waals surface area contributed by atoms with E-state index in [9.17, 15) is 4.79 Å². The molecule has 1 atom stereocenters. The average Bonchev–Trinajstić information content (AvgIpc) is 2.08. The van der Waals surface area contributed by atoms with Crippen LogP contribution in [0.1, 0.15) is 13.3 Å². The molecule has 0 heterocycles. The number of hydrogen-bond donors (Lipinski definition) is 2. The molecule has 2 N–H and O–H groups in total. The molecule has 15 heavy (non-hydrogen) atoms. The van der Waals surface area contributed by atoms with Gasteiger partial charge in [0.1, 0.15) is 0 Å². The normalized spacial score (nSPS) is 13.5. The van der Waals surface area contributed by atoms with Crippen molar-refractivity contribution in [2.75, 3.05) is 40.3 Å². The molecule has 0 saturated heterocycles. The standard InChI is InChI=1S/C10H22N2O3/c1-9(13)4-5-12(8-10(14)15)7-6-11(2)3/h9,13H,4-8H2,1-3H3,(H,14,15). The third kappa shape index (κ3) is 9.65. The van der Waals surface area contributed by atoms with Gasteiger partial charge in [0, 0.05) is 19.6 Å². The minimum Gasteiger partial charge on any atom is -0.480 e. The summed E-state index contributed by atoms with van der Waals surface area (Å²) < 4.78 is 0. The summed E-state index contributed by atoms with van der Waals surface area (Å²) >= 11 is 0. The van der Waals surface area contributed by atoms with Gasteiger partial charge in [-0.2, -0.15) is 0 Å². The highest BCUT2D eigenvalue weighted by Crippen LogP contribution is 1.96. The topological polar surface area (TPSA) is 64.0 Å². The molecule has 90 valence electrons. The first kappa shape index (κ1) is 14.3. The first-order valence-corrected chi connectivity index (χ1v) is 5.18. The minimum atomic E-state index is -0.820. The van der Waals surface area contributed by atoms with Crippen molar-refractivity contribution in [3.8, 4) is 0 Å². The predicted molar refractivity (Wildman–Crippen MR) is 58.9 cm³/mol. The average molecular weight is 218 g/mol. The molecular formula is C10H22N2O3. The first-order valence-electron chi connectivity index (χ1n) is 5.18. The Balaban J connectivity index is 3.89. The van der Waals surface area contributed by atoms with Gasteiger partial charge in [-0.25, -0.2) is 0 Å². The minimum absolute atomic E-state index is 0.0422. The van der Waals surface area contributed by atoms with Gasteiger partial charge in [-0.15, -0.1) is 0 Å². The quantitative estimate of drug-likeness (QED) is 0.586. The van der Waals surface area contributed by atoms with Crippen molar-refractivity contribution in [2.45, 2.75) is 19.4 Å². The summed E-state index contributed by atoms with van der Waals surface area (Å²) in [5, 5.41) is 17.8. The molecule has 0 fully saturated rings. The van der Waals surface area contributed by atoms with Gasteiger partial charge in [0.2, 0.25) is 0 Å². The molecule has 0 aromatic heterocycles. The lowest BCUT2D eigenvalue weighted by Crippen LogP contribution is -2.37. The SMILES string of the molecule is CC(O)CCN(CCN(C)C)CC(=O)O. The van der Waals surface area contributed by atoms with Crippen LogP contribution in [0.5, 0.6) is 0 Å². The van der Waals surface area contributed by atoms with E-state index in [1.54, 1.807) is 6.92 Å². The third-order valence-corrected chi connectivity index (χ3v) is 2.09. The lowest BCUT2D eigenvalue weighted by Gasteiger charge is -2.22. The van der Waals surface area contributed by atoms with Crippen molar-refractivity contribution >= 4 is 5.97 Å². The summed E-state index contributed by atoms with van der Waals surface area (Å²) in [6.07, 6.45) is 0.237. The number of carbonyl (C=O) groups is 1. The summed E-state index contributed by atoms with van der Waals surface area (Å²) in [5.41, 5.74) is 0. The Morgan fingerprint density at radius 1 is 1.27 bits per heavy atom. The van der Waals surface area contributed by atoms with E-state index in [0.29, 0.717) is 19.5 Å². The molecule has 0 aromatic rings. The van der Waals surface area contributed by atoms with Crippen LogP contribution in [0.25, 0.3) is 0 Å². The van der Waals surface area contributed by atoms with Crippen LogP contribution in [0.3, 0.4) is 0 Å². The summed E-state index contributed by atoms with van der Waals surface area (Å²) in [6, 6.07) is 0. The molecule has 0 aromatic carbocycles. The second-order valence-electron chi connectivity index (χ2n) is 4.11. The van der Waals surface area contributed by atoms with Crippen molar-refractivity contribution < 1.29 is 15.0 Å². The van der Waals surface area contributed by atoms with Gasteiger partial charge >= 0.3 is 5.97 Å². The molecular weight excluding hydrogens is 196 g/mol. The van der Waals surface area contributed by atoms with Gasteiger partial charge in [-0.1, -0.05) is 0 Å². The molecule has 0 amide bonds. The Morgan fingerprint density at radius 2 is 1.87 bits per heavy atom. The van der Waals surface area contributed by atoms with Crippen LogP contribution in [-0.2, 0) is 4.79 Å². The van der Waals surface area contributed by atoms with Crippen LogP contribution in [0.15, 0.2) is 0 Å². The highest BCUT2D eigenvalue weighted by Gasteiger charge is 2.10. The van der Waals surface area contributed by atoms with E-state index in [1.807, 2.05) is 23.9 Å². The molecule has 0 saturated carbocycles. The Bertz CT molecular complexity index is 172. The van der Waals surface area contributed by atoms with Crippen LogP contribution < -0.4 is 0 Å². The molecule has 0 radical (unpaired) electrons. The molecule has 0 bridgehead atoms. The molecule has 0 aliphatic heterocycles. The van der Waals surface area contributed by atoms with E-state index >= 15 is 0 Å². The number of aliphatic carboxylic acids is 1. The maximum atomic E-state index is 10.6. The second-order valence-corrected chi connectivity index (χ2v) is 4.11. The Kier molecular flexibility index (Phi) is 7.29. The van der Waals surface area contributed by atoms with Crippen molar-refractivity contribution in [2.24, 2.45) is 0 Å². The van der Waals surface area contributed by atoms with Crippen LogP contribution >= 0.6 is 0 Å². The fourth-order valence-electron chi connectivity index (χ4n) is 1.17. The van der Waals surface area contributed by atoms with Crippen molar-refractivity contribution in [1.29, 1.82) is 0 Å². The Morgan fingerprint density at radius 3 is 2.27 bits per heavy atom. The van der Waals surface area contributed by atoms with Crippen LogP contribution in [0.4, 0.5) is 0 Å². The third-order valence-electron chi connectivity index (χ3n) is 2.09. The van der Waals surface area contributed by atoms with E-state index in [2.05, 4.69) is 0 Å². The summed E-state index contributed by atoms with van der Waals surface area (Å²) in [6.45, 7) is 3.92. The van der Waals surface area contributed by atoms with Gasteiger partial charge in [-0.05, 0) is 27.4 Å². The Hall–Kier alpha value is -0.650. The zero-order chi connectivity index (χ0) is 11.8. The zero-order valence-corrected chi connectivity index (χ0v) is 9.81. The fraction of sp³-hybridized carbons (Fsp3) is 0.900. The van der Waals surface area contributed by atoms with Crippen LogP contribution in [-0.4, -0.2) is 72.4 Å². The number of hydrogen-bond acceptors (Lipinski definition) is 4. The number of aliphatic hydroxyl groups is 1. The van der Waals surface area contributed by atoms with E-state index in [-0.39, 0.29) is 12.6 Å². The van der Waals surface area contributed by atoms with Crippen LogP contribution in [0, 0.1) is 0 Å². The lowest BCUT2D eigenvalue weighted by molar-refractivity contribution is -0.138. The number of rotatable bonds is 8. The zero-order valence-electron chi connectivity index (χ0n) is 9.81. The van der Waals surface area contributed by atoms with E-state index < -0.39 is 5.97 Å². The van der Waals surface area contributed by atoms with Gasteiger partial charge in [0.25, 0.3) is 0 Å². The molecule has 1 unspecified atom stereocenters. The highest BCUT2D eigenvalue weighted by molar-refractivity contribution is 5.69. The molecule has 0 aliphatic carbocycles. The monoisotopic (exact) mass is 218 g/mol. The molecule has 0 spiro atoms. The van der Waals surface area contributed by atoms with E-state index in [1.165, 1.54) is 0 Å². The largest absolute Gasteiger partial charge is 0.480 e. The maximum Gasteiger partial charge on any atom is 0.317 e. The molecule has 5 nitrogen and oxygen atoms in total. The molecule has 5 heteroatoms. The van der Waals surface area contributed by atoms with Gasteiger partial charge < -0.3 is 15.1 Å². The smallest absolute Gasteiger partial charge is 0.317 e. The number of likely N-dealkylation sites (N-methyl/N-ethyl adjacent to an activating group) is 1. The number of carboxylic acid groups (broad SMARTS) is 1. The summed E-state index contributed by atoms with van der Waals surface area (Å²) in [4.78, 5) is 14.4. The predicted octanol–water partition coefficient (Wildman–Crippen LogP) is -0.294. The van der Waals surface area contributed by atoms with Gasteiger partial charge in [0.05, 0.1) is 12.6 Å². The maximum absolute atomic E-state index is 10.6. The van der Waals surface area contributed by atoms with Crippen molar-refractivity contribution in [3.05, 3.63) is 0 Å². The number of nitrogens with zero attached hydrogens (tertiary/aromatic N) is 2. The van der Waals surface area contributed by atoms with E-state index in [0.717, 1.165) is 6.54 Å². The Labute approximate surface area is 91.3 Å². The van der Waals surface area contributed by atoms with Crippen molar-refractivity contribution in [1.82, 2.24) is 9.80 Å². The molecule has 0 aliphatic rings.